The predicted octanol–water partition coefficient (Wildman–Crippen LogP) is 4.12. The summed E-state index contributed by atoms with van der Waals surface area (Å²) in [5.41, 5.74) is 0.617. The zero-order valence-corrected chi connectivity index (χ0v) is 14.1. The van der Waals surface area contributed by atoms with Crippen molar-refractivity contribution >= 4 is 12.0 Å². The lowest BCUT2D eigenvalue weighted by molar-refractivity contribution is -0.126. The molecule has 0 spiro atoms. The number of rotatable bonds is 7. The number of methoxy groups -OCH3 is 1. The highest BCUT2D eigenvalue weighted by molar-refractivity contribution is 5.91. The molecule has 0 N–H and O–H groups in total. The van der Waals surface area contributed by atoms with E-state index in [0.29, 0.717) is 11.3 Å². The molecule has 2 aromatic rings. The Hall–Kier alpha value is -2.83. The van der Waals surface area contributed by atoms with Gasteiger partial charge in [0.25, 0.3) is 0 Å². The van der Waals surface area contributed by atoms with E-state index in [4.69, 9.17) is 9.15 Å². The van der Waals surface area contributed by atoms with Crippen LogP contribution >= 0.6 is 0 Å². The van der Waals surface area contributed by atoms with Gasteiger partial charge in [-0.2, -0.15) is 8.78 Å². The summed E-state index contributed by atoms with van der Waals surface area (Å²) in [5, 5.41) is 0. The second-order valence-electron chi connectivity index (χ2n) is 5.26. The molecule has 0 radical (unpaired) electrons. The summed E-state index contributed by atoms with van der Waals surface area (Å²) in [7, 11) is 3.02. The van der Waals surface area contributed by atoms with E-state index in [-0.39, 0.29) is 23.4 Å². The summed E-state index contributed by atoms with van der Waals surface area (Å²) in [6.45, 7) is -1.09. The van der Waals surface area contributed by atoms with E-state index < -0.39 is 6.61 Å². The molecule has 1 amide bonds. The van der Waals surface area contributed by atoms with Crippen LogP contribution in [0.15, 0.2) is 47.1 Å². The lowest BCUT2D eigenvalue weighted by atomic mass is 10.1. The molecule has 1 aromatic heterocycles. The highest BCUT2D eigenvalue weighted by Gasteiger charge is 2.17. The number of nitrogens with zero attached hydrogens (tertiary/aromatic N) is 1. The molecule has 25 heavy (non-hydrogen) atoms. The maximum atomic E-state index is 12.3. The molecule has 7 heteroatoms. The molecule has 0 aliphatic carbocycles. The minimum Gasteiger partial charge on any atom is -0.493 e. The summed E-state index contributed by atoms with van der Waals surface area (Å²) < 4.78 is 39.3. The fourth-order valence-electron chi connectivity index (χ4n) is 2.18. The van der Waals surface area contributed by atoms with Gasteiger partial charge in [0, 0.05) is 13.1 Å². The van der Waals surface area contributed by atoms with E-state index in [2.05, 4.69) is 4.74 Å². The Morgan fingerprint density at radius 3 is 2.64 bits per heavy atom. The fraction of sp³-hybridized carbons (Fsp3) is 0.278. The Balaban J connectivity index is 2.08. The van der Waals surface area contributed by atoms with Gasteiger partial charge in [-0.3, -0.25) is 4.79 Å². The first-order chi connectivity index (χ1) is 11.9. The van der Waals surface area contributed by atoms with Crippen LogP contribution in [0, 0.1) is 0 Å². The van der Waals surface area contributed by atoms with Crippen LogP contribution in [0.4, 0.5) is 8.78 Å². The van der Waals surface area contributed by atoms with Crippen molar-refractivity contribution in [1.82, 2.24) is 4.90 Å². The summed E-state index contributed by atoms with van der Waals surface area (Å²) in [5.74, 6) is 0.548. The van der Waals surface area contributed by atoms with Gasteiger partial charge < -0.3 is 18.8 Å². The van der Waals surface area contributed by atoms with Gasteiger partial charge in [-0.15, -0.1) is 0 Å². The molecule has 1 aromatic carbocycles. The molecule has 0 saturated carbocycles. The third-order valence-corrected chi connectivity index (χ3v) is 3.71. The largest absolute Gasteiger partial charge is 0.493 e. The van der Waals surface area contributed by atoms with Gasteiger partial charge in [-0.05, 0) is 42.8 Å². The summed E-state index contributed by atoms with van der Waals surface area (Å²) in [4.78, 5) is 13.8. The molecule has 0 bridgehead atoms. The maximum Gasteiger partial charge on any atom is 0.387 e. The first kappa shape index (κ1) is 18.5. The van der Waals surface area contributed by atoms with Crippen molar-refractivity contribution in [2.75, 3.05) is 14.2 Å². The van der Waals surface area contributed by atoms with Gasteiger partial charge >= 0.3 is 6.61 Å². The Bertz CT molecular complexity index is 729. The molecule has 0 saturated heterocycles. The second-order valence-corrected chi connectivity index (χ2v) is 5.26. The predicted molar refractivity (Wildman–Crippen MR) is 88.6 cm³/mol. The van der Waals surface area contributed by atoms with E-state index >= 15 is 0 Å². The van der Waals surface area contributed by atoms with E-state index in [1.807, 2.05) is 6.92 Å². The average molecular weight is 351 g/mol. The number of furan rings is 1. The zero-order chi connectivity index (χ0) is 18.4. The van der Waals surface area contributed by atoms with Crippen molar-refractivity contribution in [3.8, 4) is 11.5 Å². The lowest BCUT2D eigenvalue weighted by Crippen LogP contribution is -2.27. The van der Waals surface area contributed by atoms with Crippen LogP contribution in [-0.2, 0) is 4.79 Å². The molecular weight excluding hydrogens is 332 g/mol. The molecule has 1 heterocycles. The lowest BCUT2D eigenvalue weighted by Gasteiger charge is -2.21. The van der Waals surface area contributed by atoms with Gasteiger partial charge in [0.15, 0.2) is 11.5 Å². The van der Waals surface area contributed by atoms with Gasteiger partial charge in [0.2, 0.25) is 5.91 Å². The number of carbonyl (C=O) groups is 1. The number of likely N-dealkylation sites (N-methyl/N-ethyl adjacent to an activating group) is 1. The molecule has 0 aliphatic rings. The standard InChI is InChI=1S/C18H19F2NO4/c1-12(14-5-4-10-24-14)21(2)17(22)9-7-13-6-8-15(25-18(19)20)16(11-13)23-3/h4-12,18H,1-3H3/b9-7+. The van der Waals surface area contributed by atoms with Gasteiger partial charge in [-0.25, -0.2) is 0 Å². The molecule has 1 atom stereocenters. The van der Waals surface area contributed by atoms with Crippen molar-refractivity contribution in [3.05, 3.63) is 54.0 Å². The summed E-state index contributed by atoms with van der Waals surface area (Å²) in [6.07, 6.45) is 4.51. The van der Waals surface area contributed by atoms with E-state index in [1.165, 1.54) is 30.2 Å². The van der Waals surface area contributed by atoms with Crippen LogP contribution in [-0.4, -0.2) is 31.6 Å². The normalized spacial score (nSPS) is 12.4. The summed E-state index contributed by atoms with van der Waals surface area (Å²) in [6, 6.07) is 7.77. The van der Waals surface area contributed by atoms with Crippen LogP contribution in [0.2, 0.25) is 0 Å². The fourth-order valence-corrected chi connectivity index (χ4v) is 2.18. The SMILES string of the molecule is COc1cc(/C=C/C(=O)N(C)C(C)c2ccco2)ccc1OC(F)F. The Kier molecular flexibility index (Phi) is 6.16. The minimum atomic E-state index is -2.94. The van der Waals surface area contributed by atoms with Crippen molar-refractivity contribution in [2.45, 2.75) is 19.6 Å². The zero-order valence-electron chi connectivity index (χ0n) is 14.1. The molecule has 2 rings (SSSR count). The quantitative estimate of drug-likeness (QED) is 0.704. The van der Waals surface area contributed by atoms with Gasteiger partial charge in [-0.1, -0.05) is 6.07 Å². The van der Waals surface area contributed by atoms with Crippen LogP contribution in [0.25, 0.3) is 6.08 Å². The van der Waals surface area contributed by atoms with Crippen LogP contribution in [0.3, 0.4) is 0 Å². The van der Waals surface area contributed by atoms with Crippen LogP contribution in [0.1, 0.15) is 24.3 Å². The van der Waals surface area contributed by atoms with E-state index in [1.54, 1.807) is 37.6 Å². The van der Waals surface area contributed by atoms with Crippen molar-refractivity contribution in [3.63, 3.8) is 0 Å². The molecule has 5 nitrogen and oxygen atoms in total. The van der Waals surface area contributed by atoms with Crippen molar-refractivity contribution < 1.29 is 27.5 Å². The number of hydrogen-bond acceptors (Lipinski definition) is 4. The number of halogens is 2. The van der Waals surface area contributed by atoms with E-state index in [9.17, 15) is 13.6 Å². The minimum absolute atomic E-state index is 0.0652. The van der Waals surface area contributed by atoms with Crippen LogP contribution in [0.5, 0.6) is 11.5 Å². The third kappa shape index (κ3) is 4.82. The topological polar surface area (TPSA) is 51.9 Å². The molecular formula is C18H19F2NO4. The van der Waals surface area contributed by atoms with Crippen molar-refractivity contribution in [2.24, 2.45) is 0 Å². The molecule has 1 unspecified atom stereocenters. The highest BCUT2D eigenvalue weighted by atomic mass is 19.3. The third-order valence-electron chi connectivity index (χ3n) is 3.71. The van der Waals surface area contributed by atoms with Gasteiger partial charge in [0.1, 0.15) is 5.76 Å². The summed E-state index contributed by atoms with van der Waals surface area (Å²) >= 11 is 0. The number of ether oxygens (including phenoxy) is 2. The maximum absolute atomic E-state index is 12.3. The molecule has 0 aliphatic heterocycles. The Morgan fingerprint density at radius 2 is 2.04 bits per heavy atom. The monoisotopic (exact) mass is 351 g/mol. The second kappa shape index (κ2) is 8.32. The number of hydrogen-bond donors (Lipinski definition) is 0. The number of alkyl halides is 2. The van der Waals surface area contributed by atoms with E-state index in [0.717, 1.165) is 0 Å². The van der Waals surface area contributed by atoms with Crippen LogP contribution < -0.4 is 9.47 Å². The number of carbonyl (C=O) groups excluding carboxylic acids is 1. The number of benzene rings is 1. The van der Waals surface area contributed by atoms with Gasteiger partial charge in [0.05, 0.1) is 19.4 Å². The highest BCUT2D eigenvalue weighted by Crippen LogP contribution is 2.30. The number of amides is 1. The average Bonchev–Trinajstić information content (AvgIpc) is 3.13. The first-order valence-corrected chi connectivity index (χ1v) is 7.53. The molecule has 134 valence electrons. The first-order valence-electron chi connectivity index (χ1n) is 7.53. The Morgan fingerprint density at radius 1 is 1.28 bits per heavy atom. The molecule has 0 fully saturated rings. The Labute approximate surface area is 144 Å². The smallest absolute Gasteiger partial charge is 0.387 e. The van der Waals surface area contributed by atoms with Crippen molar-refractivity contribution in [1.29, 1.82) is 0 Å².